The lowest BCUT2D eigenvalue weighted by Gasteiger charge is -2.23. The Morgan fingerprint density at radius 2 is 2.04 bits per heavy atom. The van der Waals surface area contributed by atoms with Crippen molar-refractivity contribution in [3.8, 4) is 0 Å². The molecule has 26 heavy (non-hydrogen) atoms. The second-order valence-electron chi connectivity index (χ2n) is 7.08. The zero-order valence-electron chi connectivity index (χ0n) is 15.2. The molecular weight excluding hydrogens is 322 g/mol. The van der Waals surface area contributed by atoms with Gasteiger partial charge in [-0.3, -0.25) is 0 Å². The quantitative estimate of drug-likeness (QED) is 0.686. The number of benzene rings is 1. The summed E-state index contributed by atoms with van der Waals surface area (Å²) in [5.74, 6) is 1.71. The molecule has 5 nitrogen and oxygen atoms in total. The van der Waals surface area contributed by atoms with Crippen molar-refractivity contribution in [2.45, 2.75) is 13.0 Å². The van der Waals surface area contributed by atoms with Gasteiger partial charge >= 0.3 is 0 Å². The van der Waals surface area contributed by atoms with Gasteiger partial charge in [-0.15, -0.1) is 0 Å². The minimum atomic E-state index is 0.674. The summed E-state index contributed by atoms with van der Waals surface area (Å²) < 4.78 is 2.05. The summed E-state index contributed by atoms with van der Waals surface area (Å²) in [6.45, 7) is 4.11. The molecule has 3 heterocycles. The van der Waals surface area contributed by atoms with E-state index in [0.29, 0.717) is 5.92 Å². The summed E-state index contributed by atoms with van der Waals surface area (Å²) in [6, 6.07) is 15.0. The number of imidazole rings is 1. The molecule has 1 saturated heterocycles. The Labute approximate surface area is 154 Å². The second-order valence-corrected chi connectivity index (χ2v) is 7.08. The minimum Gasteiger partial charge on any atom is -0.371 e. The molecular formula is C21H25N5. The number of aromatic nitrogens is 3. The fourth-order valence-corrected chi connectivity index (χ4v) is 3.66. The first-order valence-electron chi connectivity index (χ1n) is 9.20. The van der Waals surface area contributed by atoms with Gasteiger partial charge in [0.05, 0.1) is 6.33 Å². The van der Waals surface area contributed by atoms with Gasteiger partial charge in [0.25, 0.3) is 0 Å². The maximum Gasteiger partial charge on any atom is 0.128 e. The highest BCUT2D eigenvalue weighted by Crippen LogP contribution is 2.25. The second kappa shape index (κ2) is 7.60. The van der Waals surface area contributed by atoms with Gasteiger partial charge in [-0.05, 0) is 36.1 Å². The number of para-hydroxylation sites is 1. The molecule has 3 aromatic rings. The highest BCUT2D eigenvalue weighted by Gasteiger charge is 2.24. The standard InChI is InChI=1S/C21H25N5/c1-24(14-19-9-11-26(16-19)20-5-3-2-4-6-20)21-8-7-18(13-23-21)15-25-12-10-22-17-25/h2-8,10,12-13,17,19H,9,11,14-16H2,1H3/t19-/m0/s1. The predicted molar refractivity (Wildman–Crippen MR) is 106 cm³/mol. The zero-order chi connectivity index (χ0) is 17.8. The van der Waals surface area contributed by atoms with Crippen LogP contribution < -0.4 is 9.80 Å². The third-order valence-electron chi connectivity index (χ3n) is 5.06. The molecule has 134 valence electrons. The van der Waals surface area contributed by atoms with Crippen LogP contribution in [0.5, 0.6) is 0 Å². The van der Waals surface area contributed by atoms with Gasteiger partial charge in [-0.2, -0.15) is 0 Å². The normalized spacial score (nSPS) is 16.8. The van der Waals surface area contributed by atoms with Gasteiger partial charge in [0.1, 0.15) is 5.82 Å². The van der Waals surface area contributed by atoms with Crippen LogP contribution in [0.2, 0.25) is 0 Å². The van der Waals surface area contributed by atoms with Crippen LogP contribution in [0.4, 0.5) is 11.5 Å². The third-order valence-corrected chi connectivity index (χ3v) is 5.06. The Balaban J connectivity index is 1.32. The van der Waals surface area contributed by atoms with E-state index in [9.17, 15) is 0 Å². The molecule has 0 unspecified atom stereocenters. The molecule has 0 N–H and O–H groups in total. The molecule has 1 atom stereocenters. The number of anilines is 2. The Kier molecular flexibility index (Phi) is 4.86. The average molecular weight is 347 g/mol. The highest BCUT2D eigenvalue weighted by molar-refractivity contribution is 5.47. The van der Waals surface area contributed by atoms with Gasteiger partial charge in [0.2, 0.25) is 0 Å². The van der Waals surface area contributed by atoms with Crippen molar-refractivity contribution in [3.05, 3.63) is 72.9 Å². The maximum absolute atomic E-state index is 4.66. The molecule has 0 amide bonds. The first kappa shape index (κ1) is 16.6. The monoisotopic (exact) mass is 347 g/mol. The SMILES string of the molecule is CN(C[C@@H]1CCN(c2ccccc2)C1)c1ccc(Cn2ccnc2)cn1. The molecule has 4 rings (SSSR count). The fraction of sp³-hybridized carbons (Fsp3) is 0.333. The van der Waals surface area contributed by atoms with Gasteiger partial charge in [-0.25, -0.2) is 9.97 Å². The maximum atomic E-state index is 4.66. The van der Waals surface area contributed by atoms with Crippen LogP contribution >= 0.6 is 0 Å². The Morgan fingerprint density at radius 1 is 1.15 bits per heavy atom. The van der Waals surface area contributed by atoms with Crippen LogP contribution in [0, 0.1) is 5.92 Å². The van der Waals surface area contributed by atoms with E-state index in [-0.39, 0.29) is 0 Å². The summed E-state index contributed by atoms with van der Waals surface area (Å²) in [6.07, 6.45) is 8.81. The first-order chi connectivity index (χ1) is 12.8. The summed E-state index contributed by atoms with van der Waals surface area (Å²) in [5.41, 5.74) is 2.52. The molecule has 0 spiro atoms. The van der Waals surface area contributed by atoms with E-state index in [2.05, 4.69) is 73.8 Å². The molecule has 2 aromatic heterocycles. The highest BCUT2D eigenvalue weighted by atomic mass is 15.2. The van der Waals surface area contributed by atoms with Gasteiger partial charge in [-0.1, -0.05) is 24.3 Å². The van der Waals surface area contributed by atoms with Crippen LogP contribution in [0.25, 0.3) is 0 Å². The van der Waals surface area contributed by atoms with E-state index >= 15 is 0 Å². The fourth-order valence-electron chi connectivity index (χ4n) is 3.66. The van der Waals surface area contributed by atoms with E-state index in [1.165, 1.54) is 17.7 Å². The van der Waals surface area contributed by atoms with Gasteiger partial charge in [0, 0.05) is 57.5 Å². The van der Waals surface area contributed by atoms with Crippen molar-refractivity contribution in [1.29, 1.82) is 0 Å². The lowest BCUT2D eigenvalue weighted by atomic mass is 10.1. The Hall–Kier alpha value is -2.82. The van der Waals surface area contributed by atoms with Crippen molar-refractivity contribution in [3.63, 3.8) is 0 Å². The molecule has 0 radical (unpaired) electrons. The van der Waals surface area contributed by atoms with Gasteiger partial charge in [0.15, 0.2) is 0 Å². The molecule has 0 bridgehead atoms. The summed E-state index contributed by atoms with van der Waals surface area (Å²) in [7, 11) is 2.14. The van der Waals surface area contributed by atoms with Crippen molar-refractivity contribution in [2.75, 3.05) is 36.5 Å². The van der Waals surface area contributed by atoms with Crippen LogP contribution in [-0.2, 0) is 6.54 Å². The zero-order valence-corrected chi connectivity index (χ0v) is 15.2. The van der Waals surface area contributed by atoms with Crippen molar-refractivity contribution < 1.29 is 0 Å². The molecule has 5 heteroatoms. The number of rotatable bonds is 6. The van der Waals surface area contributed by atoms with Crippen LogP contribution in [-0.4, -0.2) is 41.2 Å². The lowest BCUT2D eigenvalue weighted by molar-refractivity contribution is 0.581. The molecule has 1 aromatic carbocycles. The Bertz CT molecular complexity index is 798. The van der Waals surface area contributed by atoms with Crippen LogP contribution in [0.3, 0.4) is 0 Å². The van der Waals surface area contributed by atoms with E-state index < -0.39 is 0 Å². The van der Waals surface area contributed by atoms with Crippen molar-refractivity contribution in [2.24, 2.45) is 5.92 Å². The minimum absolute atomic E-state index is 0.674. The van der Waals surface area contributed by atoms with E-state index in [1.807, 2.05) is 18.7 Å². The topological polar surface area (TPSA) is 37.2 Å². The molecule has 0 saturated carbocycles. The van der Waals surface area contributed by atoms with Gasteiger partial charge < -0.3 is 14.4 Å². The molecule has 1 fully saturated rings. The number of hydrogen-bond donors (Lipinski definition) is 0. The lowest BCUT2D eigenvalue weighted by Crippen LogP contribution is -2.28. The van der Waals surface area contributed by atoms with E-state index in [4.69, 9.17) is 0 Å². The van der Waals surface area contributed by atoms with Crippen LogP contribution in [0.1, 0.15) is 12.0 Å². The van der Waals surface area contributed by atoms with Crippen LogP contribution in [0.15, 0.2) is 67.4 Å². The number of nitrogens with zero attached hydrogens (tertiary/aromatic N) is 5. The third kappa shape index (κ3) is 3.87. The summed E-state index contributed by atoms with van der Waals surface area (Å²) >= 11 is 0. The predicted octanol–water partition coefficient (Wildman–Crippen LogP) is 3.29. The van der Waals surface area contributed by atoms with E-state index in [0.717, 1.165) is 32.0 Å². The number of pyridine rings is 1. The van der Waals surface area contributed by atoms with E-state index in [1.54, 1.807) is 6.20 Å². The van der Waals surface area contributed by atoms with Crippen molar-refractivity contribution in [1.82, 2.24) is 14.5 Å². The Morgan fingerprint density at radius 3 is 2.77 bits per heavy atom. The first-order valence-corrected chi connectivity index (χ1v) is 9.20. The average Bonchev–Trinajstić information content (AvgIpc) is 3.35. The molecule has 1 aliphatic heterocycles. The smallest absolute Gasteiger partial charge is 0.128 e. The number of hydrogen-bond acceptors (Lipinski definition) is 4. The summed E-state index contributed by atoms with van der Waals surface area (Å²) in [5, 5.41) is 0. The summed E-state index contributed by atoms with van der Waals surface area (Å²) in [4.78, 5) is 13.5. The molecule has 1 aliphatic rings. The van der Waals surface area contributed by atoms with Crippen molar-refractivity contribution >= 4 is 11.5 Å². The largest absolute Gasteiger partial charge is 0.371 e. The molecule has 0 aliphatic carbocycles.